The van der Waals surface area contributed by atoms with E-state index in [0.29, 0.717) is 12.5 Å². The molecule has 0 unspecified atom stereocenters. The fourth-order valence-corrected chi connectivity index (χ4v) is 3.81. The van der Waals surface area contributed by atoms with E-state index in [1.54, 1.807) is 11.3 Å². The normalized spacial score (nSPS) is 19.4. The predicted octanol–water partition coefficient (Wildman–Crippen LogP) is 2.34. The van der Waals surface area contributed by atoms with Gasteiger partial charge in [0.15, 0.2) is 0 Å². The Hall–Kier alpha value is -1.43. The van der Waals surface area contributed by atoms with Crippen LogP contribution >= 0.6 is 11.3 Å². The predicted molar refractivity (Wildman–Crippen MR) is 90.4 cm³/mol. The number of likely N-dealkylation sites (tertiary alicyclic amines) is 1. The van der Waals surface area contributed by atoms with Gasteiger partial charge in [-0.05, 0) is 60.3 Å². The molecule has 1 fully saturated rings. The highest BCUT2D eigenvalue weighted by atomic mass is 32.1. The summed E-state index contributed by atoms with van der Waals surface area (Å²) in [4.78, 5) is 14.5. The quantitative estimate of drug-likeness (QED) is 0.890. The van der Waals surface area contributed by atoms with Crippen molar-refractivity contribution in [2.24, 2.45) is 5.92 Å². The fourth-order valence-electron chi connectivity index (χ4n) is 3.04. The molecule has 1 atom stereocenters. The van der Waals surface area contributed by atoms with Crippen LogP contribution in [0.4, 0.5) is 0 Å². The van der Waals surface area contributed by atoms with Gasteiger partial charge >= 0.3 is 0 Å². The second-order valence-electron chi connectivity index (χ2n) is 5.92. The van der Waals surface area contributed by atoms with Crippen LogP contribution in [0.25, 0.3) is 10.1 Å². The van der Waals surface area contributed by atoms with E-state index in [9.17, 15) is 9.90 Å². The number of fused-ring (bicyclic) bond motifs is 1. The summed E-state index contributed by atoms with van der Waals surface area (Å²) in [6.45, 7) is 3.77. The van der Waals surface area contributed by atoms with Crippen molar-refractivity contribution in [2.75, 3.05) is 32.8 Å². The Bertz CT molecular complexity index is 640. The standard InChI is InChI=1S/C17H22N2O2S/c20-12-13-2-1-7-19(11-13)8-6-18-17(21)15-3-4-16-14(10-15)5-9-22-16/h3-5,9-10,13,20H,1-2,6-8,11-12H2,(H,18,21)/t13-/m0/s1. The van der Waals surface area contributed by atoms with E-state index in [2.05, 4.69) is 10.2 Å². The first-order valence-corrected chi connectivity index (χ1v) is 8.73. The van der Waals surface area contributed by atoms with Gasteiger partial charge < -0.3 is 15.3 Å². The maximum atomic E-state index is 12.2. The average Bonchev–Trinajstić information content (AvgIpc) is 3.02. The maximum Gasteiger partial charge on any atom is 0.251 e. The molecule has 0 saturated carbocycles. The van der Waals surface area contributed by atoms with Crippen LogP contribution in [0.5, 0.6) is 0 Å². The van der Waals surface area contributed by atoms with E-state index in [4.69, 9.17) is 0 Å². The Morgan fingerprint density at radius 1 is 1.41 bits per heavy atom. The lowest BCUT2D eigenvalue weighted by Crippen LogP contribution is -2.41. The Morgan fingerprint density at radius 2 is 2.32 bits per heavy atom. The van der Waals surface area contributed by atoms with Gasteiger partial charge in [-0.25, -0.2) is 0 Å². The van der Waals surface area contributed by atoms with Crippen molar-refractivity contribution in [3.63, 3.8) is 0 Å². The molecular weight excluding hydrogens is 296 g/mol. The summed E-state index contributed by atoms with van der Waals surface area (Å²) >= 11 is 1.69. The van der Waals surface area contributed by atoms with E-state index in [0.717, 1.165) is 43.4 Å². The first-order valence-electron chi connectivity index (χ1n) is 7.85. The number of thiophene rings is 1. The molecule has 1 saturated heterocycles. The van der Waals surface area contributed by atoms with Gasteiger partial charge in [0, 0.05) is 36.5 Å². The first kappa shape index (κ1) is 15.5. The number of benzene rings is 1. The van der Waals surface area contributed by atoms with Crippen molar-refractivity contribution >= 4 is 27.3 Å². The molecule has 2 N–H and O–H groups in total. The smallest absolute Gasteiger partial charge is 0.251 e. The van der Waals surface area contributed by atoms with Gasteiger partial charge in [-0.3, -0.25) is 4.79 Å². The highest BCUT2D eigenvalue weighted by Gasteiger charge is 2.18. The molecule has 1 aromatic heterocycles. The summed E-state index contributed by atoms with van der Waals surface area (Å²) < 4.78 is 1.21. The number of aliphatic hydroxyl groups is 1. The number of amides is 1. The van der Waals surface area contributed by atoms with Gasteiger partial charge in [0.2, 0.25) is 0 Å². The zero-order chi connectivity index (χ0) is 15.4. The highest BCUT2D eigenvalue weighted by molar-refractivity contribution is 7.17. The van der Waals surface area contributed by atoms with Crippen molar-refractivity contribution in [3.8, 4) is 0 Å². The van der Waals surface area contributed by atoms with Gasteiger partial charge in [0.1, 0.15) is 0 Å². The van der Waals surface area contributed by atoms with E-state index in [1.165, 1.54) is 4.70 Å². The third-order valence-electron chi connectivity index (χ3n) is 4.29. The Balaban J connectivity index is 1.49. The minimum atomic E-state index is -0.0104. The minimum Gasteiger partial charge on any atom is -0.396 e. The van der Waals surface area contributed by atoms with Crippen LogP contribution in [0, 0.1) is 5.92 Å². The molecule has 0 aliphatic carbocycles. The zero-order valence-corrected chi connectivity index (χ0v) is 13.4. The summed E-state index contributed by atoms with van der Waals surface area (Å²) in [6, 6.07) is 7.88. The van der Waals surface area contributed by atoms with E-state index < -0.39 is 0 Å². The van der Waals surface area contributed by atoms with Crippen LogP contribution in [-0.2, 0) is 0 Å². The lowest BCUT2D eigenvalue weighted by atomic mass is 9.99. The SMILES string of the molecule is O=C(NCCN1CCC[C@H](CO)C1)c1ccc2sccc2c1. The number of nitrogens with zero attached hydrogens (tertiary/aromatic N) is 1. The largest absolute Gasteiger partial charge is 0.396 e. The molecule has 0 bridgehead atoms. The van der Waals surface area contributed by atoms with Crippen LogP contribution in [0.3, 0.4) is 0 Å². The van der Waals surface area contributed by atoms with E-state index in [-0.39, 0.29) is 12.5 Å². The summed E-state index contributed by atoms with van der Waals surface area (Å²) in [5, 5.41) is 15.4. The maximum absolute atomic E-state index is 12.2. The molecule has 1 aliphatic rings. The highest BCUT2D eigenvalue weighted by Crippen LogP contribution is 2.21. The van der Waals surface area contributed by atoms with Crippen LogP contribution in [0.1, 0.15) is 23.2 Å². The van der Waals surface area contributed by atoms with Gasteiger partial charge in [0.25, 0.3) is 5.91 Å². The minimum absolute atomic E-state index is 0.0104. The summed E-state index contributed by atoms with van der Waals surface area (Å²) in [6.07, 6.45) is 2.24. The number of piperidine rings is 1. The molecule has 2 aromatic rings. The number of carbonyl (C=O) groups is 1. The third kappa shape index (κ3) is 3.66. The van der Waals surface area contributed by atoms with Gasteiger partial charge in [0.05, 0.1) is 0 Å². The fraction of sp³-hybridized carbons (Fsp3) is 0.471. The lowest BCUT2D eigenvalue weighted by molar-refractivity contribution is 0.0931. The van der Waals surface area contributed by atoms with Gasteiger partial charge in [-0.1, -0.05) is 0 Å². The molecule has 1 aliphatic heterocycles. The molecule has 3 rings (SSSR count). The van der Waals surface area contributed by atoms with Crippen molar-refractivity contribution < 1.29 is 9.90 Å². The molecule has 2 heterocycles. The van der Waals surface area contributed by atoms with Crippen LogP contribution in [-0.4, -0.2) is 48.7 Å². The average molecular weight is 318 g/mol. The number of carbonyl (C=O) groups excluding carboxylic acids is 1. The molecule has 1 amide bonds. The monoisotopic (exact) mass is 318 g/mol. The number of nitrogens with one attached hydrogen (secondary N) is 1. The zero-order valence-electron chi connectivity index (χ0n) is 12.6. The molecule has 0 spiro atoms. The molecule has 4 nitrogen and oxygen atoms in total. The second-order valence-corrected chi connectivity index (χ2v) is 6.87. The molecular formula is C17H22N2O2S. The second kappa shape index (κ2) is 7.22. The van der Waals surface area contributed by atoms with E-state index in [1.807, 2.05) is 29.6 Å². The third-order valence-corrected chi connectivity index (χ3v) is 5.19. The molecule has 1 aromatic carbocycles. The topological polar surface area (TPSA) is 52.6 Å². The van der Waals surface area contributed by atoms with Crippen LogP contribution < -0.4 is 5.32 Å². The molecule has 5 heteroatoms. The summed E-state index contributed by atoms with van der Waals surface area (Å²) in [7, 11) is 0. The summed E-state index contributed by atoms with van der Waals surface area (Å²) in [5.74, 6) is 0.384. The van der Waals surface area contributed by atoms with Gasteiger partial charge in [-0.15, -0.1) is 11.3 Å². The van der Waals surface area contributed by atoms with Crippen LogP contribution in [0.15, 0.2) is 29.6 Å². The Labute approximate surface area is 134 Å². The lowest BCUT2D eigenvalue weighted by Gasteiger charge is -2.31. The van der Waals surface area contributed by atoms with Crippen molar-refractivity contribution in [3.05, 3.63) is 35.2 Å². The Kier molecular flexibility index (Phi) is 5.08. The van der Waals surface area contributed by atoms with Crippen molar-refractivity contribution in [2.45, 2.75) is 12.8 Å². The molecule has 0 radical (unpaired) electrons. The van der Waals surface area contributed by atoms with Crippen LogP contribution in [0.2, 0.25) is 0 Å². The van der Waals surface area contributed by atoms with Gasteiger partial charge in [-0.2, -0.15) is 0 Å². The molecule has 22 heavy (non-hydrogen) atoms. The first-order chi connectivity index (χ1) is 10.8. The number of aliphatic hydroxyl groups excluding tert-OH is 1. The number of hydrogen-bond donors (Lipinski definition) is 2. The Morgan fingerprint density at radius 3 is 3.18 bits per heavy atom. The van der Waals surface area contributed by atoms with Crippen molar-refractivity contribution in [1.82, 2.24) is 10.2 Å². The number of hydrogen-bond acceptors (Lipinski definition) is 4. The number of rotatable bonds is 5. The van der Waals surface area contributed by atoms with Crippen molar-refractivity contribution in [1.29, 1.82) is 0 Å². The van der Waals surface area contributed by atoms with E-state index >= 15 is 0 Å². The molecule has 118 valence electrons. The summed E-state index contributed by atoms with van der Waals surface area (Å²) in [5.41, 5.74) is 0.720.